The van der Waals surface area contributed by atoms with Gasteiger partial charge in [-0.3, -0.25) is 9.59 Å². The summed E-state index contributed by atoms with van der Waals surface area (Å²) in [6, 6.07) is 6.31. The Balaban J connectivity index is 0.00000208. The molecule has 2 saturated heterocycles. The number of hydrogen-bond donors (Lipinski definition) is 1. The van der Waals surface area contributed by atoms with Gasteiger partial charge in [0.1, 0.15) is 0 Å². The SMILES string of the molecule is Cc1cccc(N2CC(C(=O)N3CCNC(C)C3)CC2=O)c1C.Cl. The number of carbonyl (C=O) groups excluding carboxylic acids is 2. The van der Waals surface area contributed by atoms with Crippen molar-refractivity contribution in [1.29, 1.82) is 0 Å². The Hall–Kier alpha value is -1.59. The first kappa shape index (κ1) is 18.7. The molecule has 1 N–H and O–H groups in total. The smallest absolute Gasteiger partial charge is 0.228 e. The Morgan fingerprint density at radius 1 is 1.25 bits per heavy atom. The van der Waals surface area contributed by atoms with E-state index < -0.39 is 0 Å². The lowest BCUT2D eigenvalue weighted by Crippen LogP contribution is -2.53. The van der Waals surface area contributed by atoms with E-state index in [0.29, 0.717) is 19.0 Å². The number of hydrogen-bond acceptors (Lipinski definition) is 3. The minimum absolute atomic E-state index is 0. The predicted octanol–water partition coefficient (Wildman–Crippen LogP) is 1.90. The third kappa shape index (κ3) is 3.57. The highest BCUT2D eigenvalue weighted by molar-refractivity contribution is 6.01. The number of nitrogens with one attached hydrogen (secondary N) is 1. The fraction of sp³-hybridized carbons (Fsp3) is 0.556. The largest absolute Gasteiger partial charge is 0.340 e. The molecule has 0 aromatic heterocycles. The summed E-state index contributed by atoms with van der Waals surface area (Å²) in [6.07, 6.45) is 0.324. The van der Waals surface area contributed by atoms with Crippen LogP contribution in [0.3, 0.4) is 0 Å². The molecule has 0 saturated carbocycles. The van der Waals surface area contributed by atoms with Crippen molar-refractivity contribution in [3.05, 3.63) is 29.3 Å². The maximum absolute atomic E-state index is 12.7. The third-order valence-electron chi connectivity index (χ3n) is 5.02. The molecule has 5 nitrogen and oxygen atoms in total. The van der Waals surface area contributed by atoms with E-state index in [1.54, 1.807) is 4.90 Å². The molecule has 0 aliphatic carbocycles. The molecule has 24 heavy (non-hydrogen) atoms. The van der Waals surface area contributed by atoms with Crippen LogP contribution in [0.25, 0.3) is 0 Å². The fourth-order valence-corrected chi connectivity index (χ4v) is 3.52. The van der Waals surface area contributed by atoms with Gasteiger partial charge in [0.2, 0.25) is 11.8 Å². The summed E-state index contributed by atoms with van der Waals surface area (Å²) in [5.41, 5.74) is 3.23. The molecule has 2 aliphatic heterocycles. The molecule has 2 fully saturated rings. The zero-order valence-corrected chi connectivity index (χ0v) is 15.4. The first-order chi connectivity index (χ1) is 11.0. The van der Waals surface area contributed by atoms with E-state index in [2.05, 4.69) is 12.2 Å². The van der Waals surface area contributed by atoms with Crippen molar-refractivity contribution in [1.82, 2.24) is 10.2 Å². The van der Waals surface area contributed by atoms with Crippen LogP contribution in [0.1, 0.15) is 24.5 Å². The van der Waals surface area contributed by atoms with Crippen molar-refractivity contribution < 1.29 is 9.59 Å². The third-order valence-corrected chi connectivity index (χ3v) is 5.02. The Morgan fingerprint density at radius 2 is 2.00 bits per heavy atom. The first-order valence-corrected chi connectivity index (χ1v) is 8.36. The summed E-state index contributed by atoms with van der Waals surface area (Å²) in [5.74, 6) is -0.0348. The molecule has 3 rings (SSSR count). The molecule has 2 unspecified atom stereocenters. The van der Waals surface area contributed by atoms with Gasteiger partial charge in [0.05, 0.1) is 5.92 Å². The lowest BCUT2D eigenvalue weighted by atomic mass is 10.1. The van der Waals surface area contributed by atoms with Gasteiger partial charge in [-0.15, -0.1) is 12.4 Å². The Labute approximate surface area is 149 Å². The topological polar surface area (TPSA) is 52.7 Å². The van der Waals surface area contributed by atoms with E-state index in [-0.39, 0.29) is 30.1 Å². The van der Waals surface area contributed by atoms with Crippen molar-refractivity contribution in [2.45, 2.75) is 33.2 Å². The molecule has 2 aliphatic rings. The number of carbonyl (C=O) groups is 2. The van der Waals surface area contributed by atoms with Crippen molar-refractivity contribution in [2.75, 3.05) is 31.1 Å². The van der Waals surface area contributed by atoms with Crippen LogP contribution in [-0.4, -0.2) is 48.9 Å². The highest BCUT2D eigenvalue weighted by atomic mass is 35.5. The van der Waals surface area contributed by atoms with E-state index in [1.165, 1.54) is 5.56 Å². The quantitative estimate of drug-likeness (QED) is 0.885. The van der Waals surface area contributed by atoms with E-state index in [4.69, 9.17) is 0 Å². The normalized spacial score (nSPS) is 24.0. The number of aryl methyl sites for hydroxylation is 1. The molecule has 132 valence electrons. The second kappa shape index (κ2) is 7.53. The molecule has 1 aromatic carbocycles. The van der Waals surface area contributed by atoms with Crippen molar-refractivity contribution in [2.24, 2.45) is 5.92 Å². The first-order valence-electron chi connectivity index (χ1n) is 8.36. The number of nitrogens with zero attached hydrogens (tertiary/aromatic N) is 2. The zero-order valence-electron chi connectivity index (χ0n) is 14.5. The Bertz CT molecular complexity index is 635. The van der Waals surface area contributed by atoms with Gasteiger partial charge in [0.25, 0.3) is 0 Å². The monoisotopic (exact) mass is 351 g/mol. The van der Waals surface area contributed by atoms with Crippen molar-refractivity contribution >= 4 is 29.9 Å². The number of piperazine rings is 1. The summed E-state index contributed by atoms with van der Waals surface area (Å²) in [4.78, 5) is 28.9. The minimum Gasteiger partial charge on any atom is -0.340 e. The van der Waals surface area contributed by atoms with Gasteiger partial charge in [-0.25, -0.2) is 0 Å². The molecule has 2 heterocycles. The molecule has 2 atom stereocenters. The maximum Gasteiger partial charge on any atom is 0.228 e. The van der Waals surface area contributed by atoms with E-state index in [9.17, 15) is 9.59 Å². The van der Waals surface area contributed by atoms with Crippen molar-refractivity contribution in [3.8, 4) is 0 Å². The predicted molar refractivity (Wildman–Crippen MR) is 97.7 cm³/mol. The second-order valence-electron chi connectivity index (χ2n) is 6.76. The molecule has 6 heteroatoms. The van der Waals surface area contributed by atoms with Crippen LogP contribution in [0.2, 0.25) is 0 Å². The van der Waals surface area contributed by atoms with Crippen LogP contribution < -0.4 is 10.2 Å². The molecule has 0 spiro atoms. The molecule has 0 bridgehead atoms. The standard InChI is InChI=1S/C18H25N3O2.ClH/c1-12-5-4-6-16(14(12)3)21-11-15(9-17(21)22)18(23)20-8-7-19-13(2)10-20;/h4-6,13,15,19H,7-11H2,1-3H3;1H. The van der Waals surface area contributed by atoms with Crippen LogP contribution in [0.5, 0.6) is 0 Å². The number of anilines is 1. The molecule has 2 amide bonds. The van der Waals surface area contributed by atoms with Crippen LogP contribution >= 0.6 is 12.4 Å². The van der Waals surface area contributed by atoms with Gasteiger partial charge in [-0.05, 0) is 38.0 Å². The summed E-state index contributed by atoms with van der Waals surface area (Å²) >= 11 is 0. The molecular formula is C18H26ClN3O2. The fourth-order valence-electron chi connectivity index (χ4n) is 3.52. The Kier molecular flexibility index (Phi) is 5.88. The van der Waals surface area contributed by atoms with E-state index in [0.717, 1.165) is 30.9 Å². The van der Waals surface area contributed by atoms with E-state index in [1.807, 2.05) is 36.9 Å². The van der Waals surface area contributed by atoms with Gasteiger partial charge >= 0.3 is 0 Å². The molecular weight excluding hydrogens is 326 g/mol. The second-order valence-corrected chi connectivity index (χ2v) is 6.76. The van der Waals surface area contributed by atoms with Crippen LogP contribution in [0.15, 0.2) is 18.2 Å². The van der Waals surface area contributed by atoms with Crippen molar-refractivity contribution in [3.63, 3.8) is 0 Å². The van der Waals surface area contributed by atoms with Gasteiger partial charge in [-0.2, -0.15) is 0 Å². The van der Waals surface area contributed by atoms with Crippen LogP contribution in [0.4, 0.5) is 5.69 Å². The lowest BCUT2D eigenvalue weighted by molar-refractivity contribution is -0.136. The summed E-state index contributed by atoms with van der Waals surface area (Å²) in [6.45, 7) is 8.95. The summed E-state index contributed by atoms with van der Waals surface area (Å²) in [7, 11) is 0. The van der Waals surface area contributed by atoms with Gasteiger partial charge in [0, 0.05) is 44.3 Å². The average molecular weight is 352 g/mol. The van der Waals surface area contributed by atoms with Gasteiger partial charge < -0.3 is 15.1 Å². The number of halogens is 1. The van der Waals surface area contributed by atoms with Crippen LogP contribution in [0, 0.1) is 19.8 Å². The highest BCUT2D eigenvalue weighted by Gasteiger charge is 2.38. The maximum atomic E-state index is 12.7. The van der Waals surface area contributed by atoms with Gasteiger partial charge in [-0.1, -0.05) is 12.1 Å². The Morgan fingerprint density at radius 3 is 2.71 bits per heavy atom. The summed E-state index contributed by atoms with van der Waals surface area (Å²) in [5, 5.41) is 3.34. The summed E-state index contributed by atoms with van der Waals surface area (Å²) < 4.78 is 0. The van der Waals surface area contributed by atoms with Crippen LogP contribution in [-0.2, 0) is 9.59 Å². The highest BCUT2D eigenvalue weighted by Crippen LogP contribution is 2.30. The zero-order chi connectivity index (χ0) is 16.6. The molecule has 0 radical (unpaired) electrons. The lowest BCUT2D eigenvalue weighted by Gasteiger charge is -2.33. The number of amides is 2. The van der Waals surface area contributed by atoms with Gasteiger partial charge in [0.15, 0.2) is 0 Å². The number of rotatable bonds is 2. The average Bonchev–Trinajstić information content (AvgIpc) is 2.91. The minimum atomic E-state index is -0.215. The van der Waals surface area contributed by atoms with E-state index >= 15 is 0 Å². The number of benzene rings is 1. The molecule has 1 aromatic rings.